The van der Waals surface area contributed by atoms with Crippen molar-refractivity contribution in [3.63, 3.8) is 0 Å². The normalized spacial score (nSPS) is 12.3. The Labute approximate surface area is 102 Å². The van der Waals surface area contributed by atoms with Crippen molar-refractivity contribution < 1.29 is 9.90 Å². The van der Waals surface area contributed by atoms with Gasteiger partial charge in [0.05, 0.1) is 0 Å². The SMILES string of the molecule is CCCCC(NCCc1ccncc1)C(=O)O. The van der Waals surface area contributed by atoms with E-state index < -0.39 is 12.0 Å². The van der Waals surface area contributed by atoms with Crippen LogP contribution >= 0.6 is 0 Å². The number of hydrogen-bond donors (Lipinski definition) is 2. The van der Waals surface area contributed by atoms with Gasteiger partial charge in [0.1, 0.15) is 6.04 Å². The summed E-state index contributed by atoms with van der Waals surface area (Å²) in [4.78, 5) is 14.9. The maximum absolute atomic E-state index is 11.0. The van der Waals surface area contributed by atoms with Crippen molar-refractivity contribution in [1.82, 2.24) is 10.3 Å². The van der Waals surface area contributed by atoms with E-state index >= 15 is 0 Å². The molecule has 1 rings (SSSR count). The Morgan fingerprint density at radius 2 is 2.18 bits per heavy atom. The van der Waals surface area contributed by atoms with Gasteiger partial charge >= 0.3 is 5.97 Å². The zero-order valence-electron chi connectivity index (χ0n) is 10.2. The fourth-order valence-corrected chi connectivity index (χ4v) is 1.66. The van der Waals surface area contributed by atoms with Crippen molar-refractivity contribution in [1.29, 1.82) is 0 Å². The average molecular weight is 236 g/mol. The third-order valence-electron chi connectivity index (χ3n) is 2.70. The molecule has 1 atom stereocenters. The molecule has 0 aromatic carbocycles. The van der Waals surface area contributed by atoms with Crippen LogP contribution in [-0.4, -0.2) is 28.6 Å². The Morgan fingerprint density at radius 1 is 1.47 bits per heavy atom. The van der Waals surface area contributed by atoms with Crippen molar-refractivity contribution >= 4 is 5.97 Å². The Balaban J connectivity index is 2.29. The number of nitrogens with one attached hydrogen (secondary N) is 1. The summed E-state index contributed by atoms with van der Waals surface area (Å²) in [5, 5.41) is 12.1. The van der Waals surface area contributed by atoms with Gasteiger partial charge in [0, 0.05) is 12.4 Å². The minimum atomic E-state index is -0.756. The van der Waals surface area contributed by atoms with Crippen LogP contribution in [0.3, 0.4) is 0 Å². The molecule has 0 aliphatic heterocycles. The first-order valence-electron chi connectivity index (χ1n) is 6.09. The number of carboxylic acid groups (broad SMARTS) is 1. The van der Waals surface area contributed by atoms with Gasteiger partial charge in [0.2, 0.25) is 0 Å². The van der Waals surface area contributed by atoms with E-state index in [0.717, 1.165) is 19.3 Å². The summed E-state index contributed by atoms with van der Waals surface area (Å²) in [6.45, 7) is 2.75. The summed E-state index contributed by atoms with van der Waals surface area (Å²) in [7, 11) is 0. The first-order chi connectivity index (χ1) is 8.24. The van der Waals surface area contributed by atoms with E-state index in [1.54, 1.807) is 12.4 Å². The van der Waals surface area contributed by atoms with Crippen LogP contribution < -0.4 is 5.32 Å². The van der Waals surface area contributed by atoms with E-state index in [9.17, 15) is 4.79 Å². The second-order valence-electron chi connectivity index (χ2n) is 4.09. The van der Waals surface area contributed by atoms with E-state index in [-0.39, 0.29) is 0 Å². The molecule has 0 fully saturated rings. The monoisotopic (exact) mass is 236 g/mol. The highest BCUT2D eigenvalue weighted by Gasteiger charge is 2.15. The maximum atomic E-state index is 11.0. The van der Waals surface area contributed by atoms with Crippen molar-refractivity contribution in [2.45, 2.75) is 38.6 Å². The zero-order chi connectivity index (χ0) is 12.5. The minimum Gasteiger partial charge on any atom is -0.480 e. The molecule has 1 unspecified atom stereocenters. The van der Waals surface area contributed by atoms with E-state index in [1.165, 1.54) is 5.56 Å². The molecule has 1 aromatic rings. The number of pyridine rings is 1. The van der Waals surface area contributed by atoms with E-state index in [1.807, 2.05) is 12.1 Å². The zero-order valence-corrected chi connectivity index (χ0v) is 10.2. The molecule has 4 heteroatoms. The number of carbonyl (C=O) groups is 1. The molecule has 2 N–H and O–H groups in total. The lowest BCUT2D eigenvalue weighted by Crippen LogP contribution is -2.37. The first kappa shape index (κ1) is 13.6. The van der Waals surface area contributed by atoms with Crippen LogP contribution in [0.5, 0.6) is 0 Å². The predicted molar refractivity (Wildman–Crippen MR) is 66.9 cm³/mol. The molecule has 17 heavy (non-hydrogen) atoms. The molecule has 0 saturated carbocycles. The fourth-order valence-electron chi connectivity index (χ4n) is 1.66. The number of aromatic nitrogens is 1. The standard InChI is InChI=1S/C13H20N2O2/c1-2-3-4-12(13(16)17)15-10-7-11-5-8-14-9-6-11/h5-6,8-9,12,15H,2-4,7,10H2,1H3,(H,16,17). The van der Waals surface area contributed by atoms with Gasteiger partial charge in [0.25, 0.3) is 0 Å². The number of nitrogens with zero attached hydrogens (tertiary/aromatic N) is 1. The largest absolute Gasteiger partial charge is 0.480 e. The maximum Gasteiger partial charge on any atom is 0.320 e. The Kier molecular flexibility index (Phi) is 6.25. The van der Waals surface area contributed by atoms with Crippen LogP contribution in [0.25, 0.3) is 0 Å². The lowest BCUT2D eigenvalue weighted by molar-refractivity contribution is -0.139. The molecule has 0 aliphatic rings. The molecular formula is C13H20N2O2. The minimum absolute atomic E-state index is 0.420. The smallest absolute Gasteiger partial charge is 0.320 e. The average Bonchev–Trinajstić information content (AvgIpc) is 2.34. The van der Waals surface area contributed by atoms with Gasteiger partial charge in [0.15, 0.2) is 0 Å². The molecule has 4 nitrogen and oxygen atoms in total. The van der Waals surface area contributed by atoms with Crippen molar-refractivity contribution in [2.24, 2.45) is 0 Å². The van der Waals surface area contributed by atoms with Crippen molar-refractivity contribution in [3.8, 4) is 0 Å². The molecule has 0 bridgehead atoms. The highest BCUT2D eigenvalue weighted by Crippen LogP contribution is 2.02. The van der Waals surface area contributed by atoms with E-state index in [4.69, 9.17) is 5.11 Å². The lowest BCUT2D eigenvalue weighted by atomic mass is 10.1. The summed E-state index contributed by atoms with van der Waals surface area (Å²) in [6.07, 6.45) is 7.00. The van der Waals surface area contributed by atoms with Crippen LogP contribution in [0.1, 0.15) is 31.7 Å². The van der Waals surface area contributed by atoms with Gasteiger partial charge in [-0.2, -0.15) is 0 Å². The Bertz CT molecular complexity index is 327. The Morgan fingerprint density at radius 3 is 2.76 bits per heavy atom. The van der Waals surface area contributed by atoms with Gasteiger partial charge in [-0.15, -0.1) is 0 Å². The number of unbranched alkanes of at least 4 members (excludes halogenated alkanes) is 1. The van der Waals surface area contributed by atoms with Gasteiger partial charge in [-0.1, -0.05) is 19.8 Å². The summed E-state index contributed by atoms with van der Waals surface area (Å²) in [5.74, 6) is -0.756. The van der Waals surface area contributed by atoms with Gasteiger partial charge in [-0.3, -0.25) is 9.78 Å². The third kappa shape index (κ3) is 5.45. The van der Waals surface area contributed by atoms with E-state index in [0.29, 0.717) is 13.0 Å². The molecule has 1 heterocycles. The van der Waals surface area contributed by atoms with Crippen LogP contribution in [0.2, 0.25) is 0 Å². The first-order valence-corrected chi connectivity index (χ1v) is 6.09. The van der Waals surface area contributed by atoms with Crippen LogP contribution in [0, 0.1) is 0 Å². The fraction of sp³-hybridized carbons (Fsp3) is 0.538. The molecule has 0 amide bonds. The highest BCUT2D eigenvalue weighted by atomic mass is 16.4. The molecule has 0 aliphatic carbocycles. The predicted octanol–water partition coefficient (Wildman–Crippen LogP) is 1.86. The lowest BCUT2D eigenvalue weighted by Gasteiger charge is -2.13. The van der Waals surface area contributed by atoms with Crippen molar-refractivity contribution in [3.05, 3.63) is 30.1 Å². The molecular weight excluding hydrogens is 216 g/mol. The number of carboxylic acids is 1. The van der Waals surface area contributed by atoms with Crippen LogP contribution in [-0.2, 0) is 11.2 Å². The Hall–Kier alpha value is -1.42. The van der Waals surface area contributed by atoms with Crippen LogP contribution in [0.15, 0.2) is 24.5 Å². The van der Waals surface area contributed by atoms with Gasteiger partial charge < -0.3 is 10.4 Å². The van der Waals surface area contributed by atoms with Crippen molar-refractivity contribution in [2.75, 3.05) is 6.54 Å². The molecule has 0 saturated heterocycles. The third-order valence-corrected chi connectivity index (χ3v) is 2.70. The molecule has 0 radical (unpaired) electrons. The quantitative estimate of drug-likeness (QED) is 0.723. The second kappa shape index (κ2) is 7.79. The second-order valence-corrected chi connectivity index (χ2v) is 4.09. The molecule has 0 spiro atoms. The topological polar surface area (TPSA) is 62.2 Å². The summed E-state index contributed by atoms with van der Waals surface area (Å²) in [5.41, 5.74) is 1.17. The van der Waals surface area contributed by atoms with Crippen LogP contribution in [0.4, 0.5) is 0 Å². The van der Waals surface area contributed by atoms with Gasteiger partial charge in [-0.05, 0) is 37.1 Å². The van der Waals surface area contributed by atoms with E-state index in [2.05, 4.69) is 17.2 Å². The number of rotatable bonds is 8. The van der Waals surface area contributed by atoms with Gasteiger partial charge in [-0.25, -0.2) is 0 Å². The summed E-state index contributed by atoms with van der Waals surface area (Å²) >= 11 is 0. The summed E-state index contributed by atoms with van der Waals surface area (Å²) in [6, 6.07) is 3.48. The number of hydrogen-bond acceptors (Lipinski definition) is 3. The highest BCUT2D eigenvalue weighted by molar-refractivity contribution is 5.73. The summed E-state index contributed by atoms with van der Waals surface area (Å²) < 4.78 is 0. The molecule has 94 valence electrons. The number of aliphatic carboxylic acids is 1. The molecule has 1 aromatic heterocycles.